The van der Waals surface area contributed by atoms with Crippen LogP contribution in [-0.2, 0) is 15.6 Å². The third-order valence-electron chi connectivity index (χ3n) is 4.63. The molecule has 0 spiro atoms. The molecule has 1 fully saturated rings. The lowest BCUT2D eigenvalue weighted by Crippen LogP contribution is -2.62. The van der Waals surface area contributed by atoms with E-state index in [9.17, 15) is 17.6 Å². The number of ether oxygens (including phenoxy) is 1. The lowest BCUT2D eigenvalue weighted by molar-refractivity contribution is 0.102. The number of hydrogen-bond donors (Lipinski definition) is 3. The number of nitrogens with zero attached hydrogens (tertiary/aromatic N) is 3. The number of carbonyl (C=O) groups is 1. The van der Waals surface area contributed by atoms with E-state index in [-0.39, 0.29) is 35.3 Å². The van der Waals surface area contributed by atoms with Crippen LogP contribution in [0, 0.1) is 11.2 Å². The van der Waals surface area contributed by atoms with Crippen molar-refractivity contribution in [1.82, 2.24) is 19.6 Å². The number of hydrogen-bond acceptors (Lipinski definition) is 7. The molecule has 3 N–H and O–H groups in total. The van der Waals surface area contributed by atoms with Gasteiger partial charge in [0.2, 0.25) is 21.9 Å². The Morgan fingerprint density at radius 1 is 1.40 bits per heavy atom. The van der Waals surface area contributed by atoms with Crippen molar-refractivity contribution in [1.29, 1.82) is 5.41 Å². The summed E-state index contributed by atoms with van der Waals surface area (Å²) < 4.78 is 45.5. The Morgan fingerprint density at radius 2 is 2.13 bits per heavy atom. The van der Waals surface area contributed by atoms with Crippen LogP contribution in [0.2, 0.25) is 0 Å². The Bertz CT molecular complexity index is 1090. The molecular weight excluding hydrogens is 415 g/mol. The number of carbonyl (C=O) groups excluding carboxylic acids is 1. The van der Waals surface area contributed by atoms with Gasteiger partial charge in [0.15, 0.2) is 0 Å². The average Bonchev–Trinajstić information content (AvgIpc) is 2.68. The number of amides is 1. The minimum Gasteiger partial charge on any atom is -0.480 e. The highest BCUT2D eigenvalue weighted by molar-refractivity contribution is 7.89. The highest BCUT2D eigenvalue weighted by Gasteiger charge is 2.44. The van der Waals surface area contributed by atoms with Gasteiger partial charge in [-0.25, -0.2) is 27.1 Å². The molecule has 1 saturated heterocycles. The summed E-state index contributed by atoms with van der Waals surface area (Å²) in [6.45, 7) is 3.19. The first kappa shape index (κ1) is 21.4. The molecular formula is C18H21FN6O4S. The van der Waals surface area contributed by atoms with Gasteiger partial charge in [0.1, 0.15) is 11.5 Å². The molecule has 1 aliphatic rings. The maximum atomic E-state index is 14.6. The summed E-state index contributed by atoms with van der Waals surface area (Å²) in [5.41, 5.74) is -1.14. The molecule has 30 heavy (non-hydrogen) atoms. The first-order valence-corrected chi connectivity index (χ1v) is 10.5. The van der Waals surface area contributed by atoms with E-state index in [2.05, 4.69) is 20.6 Å². The average molecular weight is 436 g/mol. The second kappa shape index (κ2) is 7.86. The van der Waals surface area contributed by atoms with Crippen molar-refractivity contribution in [2.45, 2.75) is 19.4 Å². The first-order valence-electron chi connectivity index (χ1n) is 8.94. The zero-order valence-corrected chi connectivity index (χ0v) is 17.4. The van der Waals surface area contributed by atoms with Gasteiger partial charge < -0.3 is 15.4 Å². The molecule has 0 aliphatic carbocycles. The monoisotopic (exact) mass is 436 g/mol. The minimum absolute atomic E-state index is 0.00481. The second-order valence-electron chi connectivity index (χ2n) is 6.82. The fourth-order valence-corrected chi connectivity index (χ4v) is 5.03. The topological polar surface area (TPSA) is 137 Å². The van der Waals surface area contributed by atoms with Gasteiger partial charge in [0.25, 0.3) is 5.91 Å². The first-order chi connectivity index (χ1) is 14.1. The number of methoxy groups -OCH3 is 1. The molecule has 1 aliphatic heterocycles. The molecule has 1 amide bonds. The Morgan fingerprint density at radius 3 is 2.70 bits per heavy atom. The van der Waals surface area contributed by atoms with E-state index in [1.165, 1.54) is 38.6 Å². The number of anilines is 1. The van der Waals surface area contributed by atoms with Crippen LogP contribution in [0.4, 0.5) is 10.1 Å². The van der Waals surface area contributed by atoms with Gasteiger partial charge in [0, 0.05) is 17.8 Å². The van der Waals surface area contributed by atoms with Gasteiger partial charge in [-0.2, -0.15) is 0 Å². The number of rotatable bonds is 5. The molecule has 12 heteroatoms. The minimum atomic E-state index is -3.82. The molecule has 160 valence electrons. The highest BCUT2D eigenvalue weighted by atomic mass is 32.2. The predicted octanol–water partition coefficient (Wildman–Crippen LogP) is 1.28. The van der Waals surface area contributed by atoms with Gasteiger partial charge >= 0.3 is 0 Å². The summed E-state index contributed by atoms with van der Waals surface area (Å²) in [6, 6.07) is 3.81. The van der Waals surface area contributed by atoms with Gasteiger partial charge in [-0.3, -0.25) is 10.2 Å². The molecule has 1 aromatic carbocycles. The third-order valence-corrected chi connectivity index (χ3v) is 6.68. The van der Waals surface area contributed by atoms with Crippen LogP contribution in [0.15, 0.2) is 30.6 Å². The van der Waals surface area contributed by atoms with Gasteiger partial charge in [0.05, 0.1) is 30.8 Å². The van der Waals surface area contributed by atoms with E-state index >= 15 is 0 Å². The lowest BCUT2D eigenvalue weighted by atomic mass is 9.93. The molecule has 3 rings (SSSR count). The van der Waals surface area contributed by atoms with E-state index in [1.807, 2.05) is 0 Å². The predicted molar refractivity (Wildman–Crippen MR) is 107 cm³/mol. The van der Waals surface area contributed by atoms with Crippen molar-refractivity contribution < 1.29 is 22.3 Å². The number of halogens is 1. The van der Waals surface area contributed by atoms with Crippen LogP contribution in [-0.4, -0.2) is 54.0 Å². The van der Waals surface area contributed by atoms with E-state index in [4.69, 9.17) is 10.1 Å². The van der Waals surface area contributed by atoms with Crippen molar-refractivity contribution >= 4 is 27.6 Å². The summed E-state index contributed by atoms with van der Waals surface area (Å²) >= 11 is 0. The molecule has 0 unspecified atom stereocenters. The number of benzene rings is 1. The quantitative estimate of drug-likeness (QED) is 0.642. The molecule has 1 aromatic heterocycles. The van der Waals surface area contributed by atoms with Crippen molar-refractivity contribution in [3.8, 4) is 5.88 Å². The molecule has 0 bridgehead atoms. The van der Waals surface area contributed by atoms with E-state index in [0.29, 0.717) is 0 Å². The fraction of sp³-hybridized carbons (Fsp3) is 0.333. The van der Waals surface area contributed by atoms with Crippen LogP contribution in [0.1, 0.15) is 29.9 Å². The van der Waals surface area contributed by atoms with Crippen LogP contribution in [0.25, 0.3) is 0 Å². The van der Waals surface area contributed by atoms with Crippen LogP contribution in [0.5, 0.6) is 5.88 Å². The maximum absolute atomic E-state index is 14.6. The summed E-state index contributed by atoms with van der Waals surface area (Å²) in [7, 11) is -2.40. The zero-order valence-electron chi connectivity index (χ0n) is 16.6. The summed E-state index contributed by atoms with van der Waals surface area (Å²) in [5, 5.41) is 13.4. The number of guanidine groups is 1. The number of nitrogens with one attached hydrogen (secondary N) is 3. The van der Waals surface area contributed by atoms with Crippen molar-refractivity contribution in [2.24, 2.45) is 0 Å². The Kier molecular flexibility index (Phi) is 5.61. The largest absolute Gasteiger partial charge is 0.480 e. The number of aromatic nitrogens is 2. The smallest absolute Gasteiger partial charge is 0.275 e. The van der Waals surface area contributed by atoms with Gasteiger partial charge in [-0.05, 0) is 32.0 Å². The second-order valence-corrected chi connectivity index (χ2v) is 8.71. The Hall–Kier alpha value is -3.28. The lowest BCUT2D eigenvalue weighted by Gasteiger charge is -2.41. The molecule has 0 saturated carbocycles. The van der Waals surface area contributed by atoms with Crippen molar-refractivity contribution in [3.05, 3.63) is 47.7 Å². The van der Waals surface area contributed by atoms with Gasteiger partial charge in [-0.15, -0.1) is 0 Å². The van der Waals surface area contributed by atoms with E-state index < -0.39 is 33.0 Å². The number of sulfonamides is 1. The van der Waals surface area contributed by atoms with Gasteiger partial charge in [-0.1, -0.05) is 0 Å². The van der Waals surface area contributed by atoms with Crippen LogP contribution in [0.3, 0.4) is 0 Å². The molecule has 1 atom stereocenters. The molecule has 0 radical (unpaired) electrons. The summed E-state index contributed by atoms with van der Waals surface area (Å²) in [5.74, 6) is -1.79. The van der Waals surface area contributed by atoms with Crippen LogP contribution >= 0.6 is 0 Å². The highest BCUT2D eigenvalue weighted by Crippen LogP contribution is 2.32. The Balaban J connectivity index is 1.89. The normalized spacial score (nSPS) is 20.4. The summed E-state index contributed by atoms with van der Waals surface area (Å²) in [4.78, 5) is 20.2. The summed E-state index contributed by atoms with van der Waals surface area (Å²) in [6.07, 6.45) is 2.52. The fourth-order valence-electron chi connectivity index (χ4n) is 3.20. The SMILES string of the molecule is CCN1C(=N)N[C@](C)(c2cc(NC(=O)c3cnc(OC)cn3)ccc2F)CS1(=O)=O. The molecule has 2 heterocycles. The van der Waals surface area contributed by atoms with Crippen LogP contribution < -0.4 is 15.4 Å². The zero-order chi connectivity index (χ0) is 22.1. The third kappa shape index (κ3) is 4.03. The molecule has 10 nitrogen and oxygen atoms in total. The van der Waals surface area contributed by atoms with E-state index in [1.54, 1.807) is 6.92 Å². The Labute approximate surface area is 173 Å². The molecule has 2 aromatic rings. The standard InChI is InChI=1S/C18H21FN6O4S/c1-4-25-17(20)24-18(2,10-30(25,27)28)12-7-11(5-6-13(12)19)23-16(26)14-8-22-15(29-3)9-21-14/h5-9H,4,10H2,1-3H3,(H2,20,24)(H,23,26)/t18-/m0/s1. The van der Waals surface area contributed by atoms with Crippen molar-refractivity contribution in [3.63, 3.8) is 0 Å². The van der Waals surface area contributed by atoms with E-state index in [0.717, 1.165) is 10.4 Å². The maximum Gasteiger partial charge on any atom is 0.275 e. The van der Waals surface area contributed by atoms with Crippen molar-refractivity contribution in [2.75, 3.05) is 24.7 Å².